The molecule has 1 aliphatic heterocycles. The first-order valence-corrected chi connectivity index (χ1v) is 12.0. The monoisotopic (exact) mass is 478 g/mol. The number of rotatable bonds is 7. The minimum Gasteiger partial charge on any atom is -0.452 e. The van der Waals surface area contributed by atoms with Gasteiger partial charge in [-0.1, -0.05) is 32.0 Å². The van der Waals surface area contributed by atoms with Gasteiger partial charge >= 0.3 is 5.97 Å². The Hall–Kier alpha value is -2.82. The highest BCUT2D eigenvalue weighted by molar-refractivity contribution is 7.89. The number of carbonyl (C=O) groups excluding carboxylic acids is 2. The van der Waals surface area contributed by atoms with Crippen LogP contribution in [-0.2, 0) is 24.3 Å². The van der Waals surface area contributed by atoms with Gasteiger partial charge in [-0.2, -0.15) is 4.31 Å². The second-order valence-corrected chi connectivity index (χ2v) is 9.89. The van der Waals surface area contributed by atoms with Gasteiger partial charge in [0.2, 0.25) is 10.0 Å². The highest BCUT2D eigenvalue weighted by atomic mass is 32.2. The van der Waals surface area contributed by atoms with Crippen LogP contribution in [0.5, 0.6) is 0 Å². The van der Waals surface area contributed by atoms with Crippen molar-refractivity contribution in [2.24, 2.45) is 0 Å². The van der Waals surface area contributed by atoms with Crippen molar-refractivity contribution in [3.8, 4) is 0 Å². The van der Waals surface area contributed by atoms with Crippen molar-refractivity contribution in [3.63, 3.8) is 0 Å². The number of halogens is 1. The molecular formula is C23H27FN2O6S. The van der Waals surface area contributed by atoms with Crippen LogP contribution < -0.4 is 5.32 Å². The average molecular weight is 479 g/mol. The molecule has 0 aromatic heterocycles. The van der Waals surface area contributed by atoms with Gasteiger partial charge in [0.1, 0.15) is 10.7 Å². The number of aryl methyl sites for hydroxylation is 1. The fourth-order valence-corrected chi connectivity index (χ4v) is 4.98. The van der Waals surface area contributed by atoms with Crippen LogP contribution in [0.15, 0.2) is 41.3 Å². The Morgan fingerprint density at radius 3 is 2.55 bits per heavy atom. The minimum absolute atomic E-state index is 0.0912. The molecule has 0 aliphatic carbocycles. The smallest absolute Gasteiger partial charge is 0.338 e. The number of carbonyl (C=O) groups is 2. The van der Waals surface area contributed by atoms with Crippen LogP contribution in [0.2, 0.25) is 0 Å². The highest BCUT2D eigenvalue weighted by Crippen LogP contribution is 2.27. The van der Waals surface area contributed by atoms with E-state index in [1.54, 1.807) is 0 Å². The molecule has 3 rings (SSSR count). The number of esters is 1. The molecule has 0 unspecified atom stereocenters. The largest absolute Gasteiger partial charge is 0.452 e. The molecular weight excluding hydrogens is 451 g/mol. The highest BCUT2D eigenvalue weighted by Gasteiger charge is 2.30. The molecule has 1 aliphatic rings. The number of amides is 1. The molecule has 0 atom stereocenters. The first kappa shape index (κ1) is 24.8. The summed E-state index contributed by atoms with van der Waals surface area (Å²) in [4.78, 5) is 24.2. The van der Waals surface area contributed by atoms with Gasteiger partial charge in [0.05, 0.1) is 18.8 Å². The van der Waals surface area contributed by atoms with Crippen LogP contribution in [0.4, 0.5) is 10.1 Å². The van der Waals surface area contributed by atoms with Crippen molar-refractivity contribution in [2.75, 3.05) is 38.2 Å². The van der Waals surface area contributed by atoms with E-state index in [0.29, 0.717) is 5.69 Å². The predicted octanol–water partition coefficient (Wildman–Crippen LogP) is 3.07. The molecule has 2 aromatic carbocycles. The van der Waals surface area contributed by atoms with Gasteiger partial charge < -0.3 is 14.8 Å². The van der Waals surface area contributed by atoms with Gasteiger partial charge in [-0.05, 0) is 42.2 Å². The maximum absolute atomic E-state index is 14.3. The number of benzene rings is 2. The lowest BCUT2D eigenvalue weighted by molar-refractivity contribution is -0.119. The second kappa shape index (κ2) is 10.4. The van der Waals surface area contributed by atoms with Crippen LogP contribution in [0.1, 0.15) is 41.3 Å². The Balaban J connectivity index is 1.70. The first-order chi connectivity index (χ1) is 15.6. The van der Waals surface area contributed by atoms with E-state index in [1.165, 1.54) is 0 Å². The number of sulfonamides is 1. The summed E-state index contributed by atoms with van der Waals surface area (Å²) in [5.74, 6) is -2.27. The number of nitrogens with one attached hydrogen (secondary N) is 1. The predicted molar refractivity (Wildman–Crippen MR) is 120 cm³/mol. The van der Waals surface area contributed by atoms with Crippen LogP contribution in [0.25, 0.3) is 0 Å². The lowest BCUT2D eigenvalue weighted by Gasteiger charge is -2.26. The molecule has 1 saturated heterocycles. The van der Waals surface area contributed by atoms with E-state index >= 15 is 0 Å². The standard InChI is InChI=1S/C23H27FN2O6S/c1-15(2)18-6-4-5-16(3)22(18)25-21(27)14-32-23(28)17-7-8-19(24)20(13-17)33(29,30)26-9-11-31-12-10-26/h4-8,13,15H,9-12,14H2,1-3H3,(H,25,27). The Kier molecular flexibility index (Phi) is 7.83. The quantitative estimate of drug-likeness (QED) is 0.614. The SMILES string of the molecule is Cc1cccc(C(C)C)c1NC(=O)COC(=O)c1ccc(F)c(S(=O)(=O)N2CCOCC2)c1. The van der Waals surface area contributed by atoms with Gasteiger partial charge in [0.15, 0.2) is 6.61 Å². The summed E-state index contributed by atoms with van der Waals surface area (Å²) >= 11 is 0. The molecule has 1 heterocycles. The van der Waals surface area contributed by atoms with Gasteiger partial charge in [0.25, 0.3) is 5.91 Å². The average Bonchev–Trinajstić information content (AvgIpc) is 2.79. The van der Waals surface area contributed by atoms with Crippen molar-refractivity contribution < 1.29 is 31.9 Å². The van der Waals surface area contributed by atoms with Gasteiger partial charge in [-0.25, -0.2) is 17.6 Å². The number of nitrogens with zero attached hydrogens (tertiary/aromatic N) is 1. The maximum atomic E-state index is 14.3. The maximum Gasteiger partial charge on any atom is 0.338 e. The molecule has 0 saturated carbocycles. The molecule has 0 radical (unpaired) electrons. The Morgan fingerprint density at radius 1 is 1.18 bits per heavy atom. The zero-order valence-electron chi connectivity index (χ0n) is 18.8. The van der Waals surface area contributed by atoms with Crippen molar-refractivity contribution in [1.82, 2.24) is 4.31 Å². The molecule has 2 aromatic rings. The number of hydrogen-bond acceptors (Lipinski definition) is 6. The molecule has 0 bridgehead atoms. The number of hydrogen-bond donors (Lipinski definition) is 1. The van der Waals surface area contributed by atoms with E-state index in [9.17, 15) is 22.4 Å². The van der Waals surface area contributed by atoms with E-state index in [2.05, 4.69) is 5.32 Å². The molecule has 1 amide bonds. The Labute approximate surface area is 192 Å². The summed E-state index contributed by atoms with van der Waals surface area (Å²) < 4.78 is 51.2. The minimum atomic E-state index is -4.15. The molecule has 8 nitrogen and oxygen atoms in total. The summed E-state index contributed by atoms with van der Waals surface area (Å²) in [7, 11) is -4.15. The van der Waals surface area contributed by atoms with Gasteiger partial charge in [0, 0.05) is 18.8 Å². The number of ether oxygens (including phenoxy) is 2. The molecule has 1 N–H and O–H groups in total. The summed E-state index contributed by atoms with van der Waals surface area (Å²) in [5, 5.41) is 2.76. The summed E-state index contributed by atoms with van der Waals surface area (Å²) in [6, 6.07) is 8.62. The van der Waals surface area contributed by atoms with E-state index in [4.69, 9.17) is 9.47 Å². The van der Waals surface area contributed by atoms with E-state index < -0.39 is 39.2 Å². The zero-order chi connectivity index (χ0) is 24.2. The topological polar surface area (TPSA) is 102 Å². The second-order valence-electron chi connectivity index (χ2n) is 7.98. The molecule has 10 heteroatoms. The van der Waals surface area contributed by atoms with E-state index in [1.807, 2.05) is 39.0 Å². The molecule has 178 valence electrons. The van der Waals surface area contributed by atoms with Crippen molar-refractivity contribution >= 4 is 27.6 Å². The normalized spacial score (nSPS) is 14.8. The Bertz CT molecular complexity index is 1140. The number of morpholine rings is 1. The fourth-order valence-electron chi connectivity index (χ4n) is 3.49. The van der Waals surface area contributed by atoms with Gasteiger partial charge in [-0.15, -0.1) is 0 Å². The zero-order valence-corrected chi connectivity index (χ0v) is 19.6. The number of anilines is 1. The van der Waals surface area contributed by atoms with Gasteiger partial charge in [-0.3, -0.25) is 4.79 Å². The van der Waals surface area contributed by atoms with Crippen LogP contribution in [0, 0.1) is 12.7 Å². The third-order valence-corrected chi connectivity index (χ3v) is 7.19. The fraction of sp³-hybridized carbons (Fsp3) is 0.391. The third kappa shape index (κ3) is 5.76. The van der Waals surface area contributed by atoms with E-state index in [0.717, 1.165) is 33.6 Å². The van der Waals surface area contributed by atoms with Crippen molar-refractivity contribution in [1.29, 1.82) is 0 Å². The van der Waals surface area contributed by atoms with E-state index in [-0.39, 0.29) is 37.8 Å². The van der Waals surface area contributed by atoms with Crippen LogP contribution in [0.3, 0.4) is 0 Å². The van der Waals surface area contributed by atoms with Crippen molar-refractivity contribution in [2.45, 2.75) is 31.6 Å². The summed E-state index contributed by atoms with van der Waals surface area (Å²) in [6.07, 6.45) is 0. The van der Waals surface area contributed by atoms with Crippen LogP contribution >= 0.6 is 0 Å². The third-order valence-electron chi connectivity index (χ3n) is 5.28. The van der Waals surface area contributed by atoms with Crippen LogP contribution in [-0.4, -0.2) is 57.5 Å². The molecule has 1 fully saturated rings. The first-order valence-electron chi connectivity index (χ1n) is 10.5. The molecule has 33 heavy (non-hydrogen) atoms. The summed E-state index contributed by atoms with van der Waals surface area (Å²) in [6.45, 7) is 5.88. The summed E-state index contributed by atoms with van der Waals surface area (Å²) in [5.41, 5.74) is 2.31. The number of para-hydroxylation sites is 1. The molecule has 0 spiro atoms. The lowest BCUT2D eigenvalue weighted by atomic mass is 9.98. The van der Waals surface area contributed by atoms with Crippen molar-refractivity contribution in [3.05, 3.63) is 58.9 Å². The lowest BCUT2D eigenvalue weighted by Crippen LogP contribution is -2.41. The Morgan fingerprint density at radius 2 is 1.88 bits per heavy atom.